The lowest BCUT2D eigenvalue weighted by Gasteiger charge is -2.14. The van der Waals surface area contributed by atoms with Crippen LogP contribution in [0.1, 0.15) is 54.4 Å². The third-order valence-corrected chi connectivity index (χ3v) is 4.39. The average Bonchev–Trinajstić information content (AvgIpc) is 2.99. The van der Waals surface area contributed by atoms with Crippen LogP contribution in [0, 0.1) is 5.41 Å². The molecule has 2 aromatic rings. The molecule has 2 rings (SSSR count). The van der Waals surface area contributed by atoms with Gasteiger partial charge in [0.05, 0.1) is 5.56 Å². The highest BCUT2D eigenvalue weighted by Gasteiger charge is 2.16. The van der Waals surface area contributed by atoms with Gasteiger partial charge in [-0.1, -0.05) is 30.7 Å². The van der Waals surface area contributed by atoms with Crippen LogP contribution in [0.3, 0.4) is 0 Å². The predicted octanol–water partition coefficient (Wildman–Crippen LogP) is 4.69. The van der Waals surface area contributed by atoms with Gasteiger partial charge in [-0.3, -0.25) is 4.79 Å². The molecule has 0 spiro atoms. The van der Waals surface area contributed by atoms with Gasteiger partial charge in [0.25, 0.3) is 5.91 Å². The van der Waals surface area contributed by atoms with E-state index in [2.05, 4.69) is 5.32 Å². The minimum Gasteiger partial charge on any atom is -0.445 e. The van der Waals surface area contributed by atoms with E-state index in [0.717, 1.165) is 16.7 Å². The summed E-state index contributed by atoms with van der Waals surface area (Å²) in [7, 11) is 0. The number of halogens is 1. The number of nitrogens with two attached hydrogens (primary N) is 1. The van der Waals surface area contributed by atoms with Crippen molar-refractivity contribution >= 4 is 34.7 Å². The molecule has 4 N–H and O–H groups in total. The molecule has 26 heavy (non-hydrogen) atoms. The second-order valence-electron chi connectivity index (χ2n) is 5.97. The minimum atomic E-state index is -0.202. The van der Waals surface area contributed by atoms with Crippen molar-refractivity contribution in [1.29, 1.82) is 5.41 Å². The second-order valence-corrected chi connectivity index (χ2v) is 6.41. The molecule has 0 fully saturated rings. The van der Waals surface area contributed by atoms with Crippen molar-refractivity contribution in [3.63, 3.8) is 0 Å². The highest BCUT2D eigenvalue weighted by molar-refractivity contribution is 6.31. The SMILES string of the molecule is C/C=C(/CCNC(=O)c1cc(N)oc1CC)c1cc(Cl)ccc1C(C)=N. The van der Waals surface area contributed by atoms with Crippen molar-refractivity contribution < 1.29 is 9.21 Å². The van der Waals surface area contributed by atoms with Gasteiger partial charge in [0.2, 0.25) is 0 Å². The number of rotatable bonds is 7. The first-order valence-electron chi connectivity index (χ1n) is 8.54. The van der Waals surface area contributed by atoms with Gasteiger partial charge in [0.15, 0.2) is 5.88 Å². The number of carbonyl (C=O) groups excluding carboxylic acids is 1. The Balaban J connectivity index is 2.10. The molecule has 0 atom stereocenters. The van der Waals surface area contributed by atoms with Crippen molar-refractivity contribution in [2.24, 2.45) is 0 Å². The van der Waals surface area contributed by atoms with E-state index in [0.29, 0.717) is 41.4 Å². The topological polar surface area (TPSA) is 92.1 Å². The van der Waals surface area contributed by atoms with Gasteiger partial charge in [0, 0.05) is 35.3 Å². The van der Waals surface area contributed by atoms with Crippen LogP contribution in [-0.4, -0.2) is 18.2 Å². The number of allylic oxidation sites excluding steroid dienone is 1. The molecule has 0 aliphatic heterocycles. The van der Waals surface area contributed by atoms with E-state index < -0.39 is 0 Å². The van der Waals surface area contributed by atoms with Crippen LogP contribution in [0.2, 0.25) is 5.02 Å². The lowest BCUT2D eigenvalue weighted by Crippen LogP contribution is -2.25. The Labute approximate surface area is 158 Å². The van der Waals surface area contributed by atoms with Gasteiger partial charge in [-0.05, 0) is 43.5 Å². The van der Waals surface area contributed by atoms with Crippen molar-refractivity contribution in [3.05, 3.63) is 57.8 Å². The van der Waals surface area contributed by atoms with Gasteiger partial charge in [-0.2, -0.15) is 0 Å². The van der Waals surface area contributed by atoms with Crippen LogP contribution in [-0.2, 0) is 6.42 Å². The number of nitrogen functional groups attached to an aromatic ring is 1. The Hall–Kier alpha value is -2.53. The van der Waals surface area contributed by atoms with E-state index in [1.165, 1.54) is 0 Å². The zero-order valence-corrected chi connectivity index (χ0v) is 16.0. The van der Waals surface area contributed by atoms with Crippen LogP contribution < -0.4 is 11.1 Å². The van der Waals surface area contributed by atoms with Gasteiger partial charge < -0.3 is 20.9 Å². The highest BCUT2D eigenvalue weighted by atomic mass is 35.5. The highest BCUT2D eigenvalue weighted by Crippen LogP contribution is 2.26. The molecule has 1 amide bonds. The minimum absolute atomic E-state index is 0.202. The summed E-state index contributed by atoms with van der Waals surface area (Å²) in [6.07, 6.45) is 3.21. The lowest BCUT2D eigenvalue weighted by atomic mass is 9.95. The third-order valence-electron chi connectivity index (χ3n) is 4.15. The molecule has 6 heteroatoms. The normalized spacial score (nSPS) is 11.5. The molecule has 0 unspecified atom stereocenters. The van der Waals surface area contributed by atoms with Crippen molar-refractivity contribution in [2.45, 2.75) is 33.6 Å². The Kier molecular flexibility index (Phi) is 6.64. The summed E-state index contributed by atoms with van der Waals surface area (Å²) >= 11 is 6.13. The molecular weight excluding hydrogens is 350 g/mol. The smallest absolute Gasteiger partial charge is 0.254 e. The molecule has 1 aromatic carbocycles. The molecule has 0 radical (unpaired) electrons. The molecule has 0 saturated carbocycles. The number of furan rings is 1. The van der Waals surface area contributed by atoms with Crippen molar-refractivity contribution in [2.75, 3.05) is 12.3 Å². The number of aryl methyl sites for hydroxylation is 1. The fraction of sp³-hybridized carbons (Fsp3) is 0.300. The fourth-order valence-electron chi connectivity index (χ4n) is 2.85. The Morgan fingerprint density at radius 1 is 1.31 bits per heavy atom. The fourth-order valence-corrected chi connectivity index (χ4v) is 3.03. The quantitative estimate of drug-likeness (QED) is 0.615. The second kappa shape index (κ2) is 8.72. The summed E-state index contributed by atoms with van der Waals surface area (Å²) in [5.74, 6) is 0.626. The Morgan fingerprint density at radius 3 is 2.65 bits per heavy atom. The molecular formula is C20H24ClN3O2. The molecule has 1 aromatic heterocycles. The summed E-state index contributed by atoms with van der Waals surface area (Å²) in [6.45, 7) is 6.05. The molecule has 0 saturated heterocycles. The standard InChI is InChI=1S/C20H24ClN3O2/c1-4-13(16-10-14(21)6-7-15(16)12(3)22)8-9-24-20(25)17-11-19(23)26-18(17)5-2/h4,6-7,10-11,22H,5,8-9,23H2,1-3H3,(H,24,25)/b13-4-,22-12?. The largest absolute Gasteiger partial charge is 0.445 e. The predicted molar refractivity (Wildman–Crippen MR) is 107 cm³/mol. The number of anilines is 1. The molecule has 0 aliphatic carbocycles. The zero-order chi connectivity index (χ0) is 19.3. The summed E-state index contributed by atoms with van der Waals surface area (Å²) in [6, 6.07) is 7.04. The maximum atomic E-state index is 12.4. The van der Waals surface area contributed by atoms with Crippen LogP contribution >= 0.6 is 11.6 Å². The molecule has 5 nitrogen and oxygen atoms in total. The van der Waals surface area contributed by atoms with E-state index in [-0.39, 0.29) is 11.8 Å². The lowest BCUT2D eigenvalue weighted by molar-refractivity contribution is 0.0952. The number of carbonyl (C=O) groups is 1. The Morgan fingerprint density at radius 2 is 2.04 bits per heavy atom. The molecule has 1 heterocycles. The van der Waals surface area contributed by atoms with Gasteiger partial charge in [0.1, 0.15) is 5.76 Å². The van der Waals surface area contributed by atoms with E-state index in [9.17, 15) is 4.79 Å². The van der Waals surface area contributed by atoms with Crippen molar-refractivity contribution in [1.82, 2.24) is 5.32 Å². The van der Waals surface area contributed by atoms with Crippen LogP contribution in [0.15, 0.2) is 34.8 Å². The van der Waals surface area contributed by atoms with E-state index >= 15 is 0 Å². The van der Waals surface area contributed by atoms with Gasteiger partial charge in [-0.15, -0.1) is 0 Å². The maximum absolute atomic E-state index is 12.4. The van der Waals surface area contributed by atoms with Gasteiger partial charge in [-0.25, -0.2) is 0 Å². The first-order chi connectivity index (χ1) is 12.4. The summed E-state index contributed by atoms with van der Waals surface area (Å²) in [5.41, 5.74) is 9.37. The van der Waals surface area contributed by atoms with E-state index in [4.69, 9.17) is 27.2 Å². The number of hydrogen-bond acceptors (Lipinski definition) is 4. The summed E-state index contributed by atoms with van der Waals surface area (Å²) in [5, 5.41) is 11.5. The number of benzene rings is 1. The molecule has 0 bridgehead atoms. The number of nitrogens with one attached hydrogen (secondary N) is 2. The van der Waals surface area contributed by atoms with Gasteiger partial charge >= 0.3 is 0 Å². The van der Waals surface area contributed by atoms with Crippen LogP contribution in [0.25, 0.3) is 5.57 Å². The van der Waals surface area contributed by atoms with Crippen LogP contribution in [0.4, 0.5) is 5.88 Å². The Bertz CT molecular complexity index is 853. The van der Waals surface area contributed by atoms with Crippen molar-refractivity contribution in [3.8, 4) is 0 Å². The van der Waals surface area contributed by atoms with E-state index in [1.54, 1.807) is 19.1 Å². The molecule has 0 aliphatic rings. The monoisotopic (exact) mass is 373 g/mol. The third kappa shape index (κ3) is 4.55. The summed E-state index contributed by atoms with van der Waals surface area (Å²) in [4.78, 5) is 12.4. The number of amides is 1. The first-order valence-corrected chi connectivity index (χ1v) is 8.92. The van der Waals surface area contributed by atoms with Crippen LogP contribution in [0.5, 0.6) is 0 Å². The molecule has 138 valence electrons. The maximum Gasteiger partial charge on any atom is 0.254 e. The zero-order valence-electron chi connectivity index (χ0n) is 15.3. The average molecular weight is 374 g/mol. The first kappa shape index (κ1) is 19.8. The summed E-state index contributed by atoms with van der Waals surface area (Å²) < 4.78 is 5.33. The van der Waals surface area contributed by atoms with E-state index in [1.807, 2.05) is 32.1 Å². The number of hydrogen-bond donors (Lipinski definition) is 3.